The molecule has 0 aliphatic rings. The van der Waals surface area contributed by atoms with E-state index in [0.29, 0.717) is 17.9 Å². The lowest BCUT2D eigenvalue weighted by atomic mass is 10.1. The number of aromatic nitrogens is 3. The maximum Gasteiger partial charge on any atom is 0.275 e. The summed E-state index contributed by atoms with van der Waals surface area (Å²) in [6.07, 6.45) is 1.71. The first-order valence-corrected chi connectivity index (χ1v) is 6.78. The van der Waals surface area contributed by atoms with Crippen LogP contribution in [0.15, 0.2) is 18.3 Å². The summed E-state index contributed by atoms with van der Waals surface area (Å²) in [5, 5.41) is 9.31. The van der Waals surface area contributed by atoms with Gasteiger partial charge in [-0.05, 0) is 25.5 Å². The van der Waals surface area contributed by atoms with E-state index in [0.717, 1.165) is 0 Å². The van der Waals surface area contributed by atoms with Crippen molar-refractivity contribution in [2.24, 2.45) is 7.05 Å². The molecule has 4 N–H and O–H groups in total. The van der Waals surface area contributed by atoms with Crippen molar-refractivity contribution in [3.05, 3.63) is 35.3 Å². The van der Waals surface area contributed by atoms with Crippen molar-refractivity contribution in [1.82, 2.24) is 20.1 Å². The predicted molar refractivity (Wildman–Crippen MR) is 82.6 cm³/mol. The number of nitrogens with one attached hydrogen (secondary N) is 2. The molecule has 0 radical (unpaired) electrons. The van der Waals surface area contributed by atoms with E-state index in [1.54, 1.807) is 43.9 Å². The largest absolute Gasteiger partial charge is 0.397 e. The molecule has 2 heterocycles. The number of rotatable bonds is 4. The Bertz CT molecular complexity index is 722. The highest BCUT2D eigenvalue weighted by atomic mass is 16.2. The minimum absolute atomic E-state index is 0.0404. The Hall–Kier alpha value is -2.90. The third kappa shape index (κ3) is 3.22. The summed E-state index contributed by atoms with van der Waals surface area (Å²) in [5.74, 6) is -0.446. The SMILES string of the molecule is CCNC(=O)c1nc(C(=O)Nc2ccn(C)n2)c(C)cc1N. The lowest BCUT2D eigenvalue weighted by Gasteiger charge is -2.10. The Labute approximate surface area is 127 Å². The van der Waals surface area contributed by atoms with Gasteiger partial charge in [0.2, 0.25) is 0 Å². The Balaban J connectivity index is 2.31. The molecule has 2 aromatic rings. The van der Waals surface area contributed by atoms with Gasteiger partial charge in [0.15, 0.2) is 11.5 Å². The number of nitrogens with two attached hydrogens (primary N) is 1. The van der Waals surface area contributed by atoms with E-state index in [4.69, 9.17) is 5.73 Å². The van der Waals surface area contributed by atoms with Crippen molar-refractivity contribution in [2.45, 2.75) is 13.8 Å². The van der Waals surface area contributed by atoms with Crippen molar-refractivity contribution in [1.29, 1.82) is 0 Å². The number of carbonyl (C=O) groups is 2. The number of amides is 2. The molecule has 0 saturated heterocycles. The number of nitrogen functional groups attached to an aromatic ring is 1. The molecule has 0 saturated carbocycles. The van der Waals surface area contributed by atoms with E-state index >= 15 is 0 Å². The number of anilines is 2. The molecule has 116 valence electrons. The molecule has 0 unspecified atom stereocenters. The predicted octanol–water partition coefficient (Wildman–Crippen LogP) is 0.708. The van der Waals surface area contributed by atoms with Gasteiger partial charge < -0.3 is 16.4 Å². The van der Waals surface area contributed by atoms with E-state index in [1.165, 1.54) is 0 Å². The highest BCUT2D eigenvalue weighted by molar-refractivity contribution is 6.05. The van der Waals surface area contributed by atoms with Crippen LogP contribution in [0.3, 0.4) is 0 Å². The van der Waals surface area contributed by atoms with Crippen molar-refractivity contribution >= 4 is 23.3 Å². The fourth-order valence-electron chi connectivity index (χ4n) is 1.95. The number of pyridine rings is 1. The second-order valence-electron chi connectivity index (χ2n) is 4.78. The van der Waals surface area contributed by atoms with Crippen LogP contribution in [-0.4, -0.2) is 33.1 Å². The molecule has 0 spiro atoms. The first-order chi connectivity index (χ1) is 10.4. The van der Waals surface area contributed by atoms with Crippen LogP contribution in [0.25, 0.3) is 0 Å². The summed E-state index contributed by atoms with van der Waals surface area (Å²) in [6.45, 7) is 3.94. The molecular weight excluding hydrogens is 284 g/mol. The number of aryl methyl sites for hydroxylation is 2. The minimum Gasteiger partial charge on any atom is -0.397 e. The van der Waals surface area contributed by atoms with Gasteiger partial charge in [-0.2, -0.15) is 5.10 Å². The molecule has 8 nitrogen and oxygen atoms in total. The van der Waals surface area contributed by atoms with Gasteiger partial charge in [0.05, 0.1) is 5.69 Å². The molecule has 2 amide bonds. The fourth-order valence-corrected chi connectivity index (χ4v) is 1.95. The zero-order valence-electron chi connectivity index (χ0n) is 12.7. The molecule has 2 aromatic heterocycles. The minimum atomic E-state index is -0.443. The van der Waals surface area contributed by atoms with Crippen LogP contribution in [0.2, 0.25) is 0 Å². The lowest BCUT2D eigenvalue weighted by molar-refractivity contribution is 0.0951. The molecule has 2 rings (SSSR count). The van der Waals surface area contributed by atoms with Gasteiger partial charge in [0, 0.05) is 25.9 Å². The van der Waals surface area contributed by atoms with Crippen LogP contribution in [-0.2, 0) is 7.05 Å². The topological polar surface area (TPSA) is 115 Å². The molecule has 0 atom stereocenters. The molecule has 0 fully saturated rings. The van der Waals surface area contributed by atoms with Gasteiger partial charge in [-0.1, -0.05) is 0 Å². The maximum atomic E-state index is 12.3. The zero-order chi connectivity index (χ0) is 16.3. The summed E-state index contributed by atoms with van der Waals surface area (Å²) >= 11 is 0. The first-order valence-electron chi connectivity index (χ1n) is 6.78. The van der Waals surface area contributed by atoms with Crippen molar-refractivity contribution in [2.75, 3.05) is 17.6 Å². The first kappa shape index (κ1) is 15.5. The Morgan fingerprint density at radius 3 is 2.64 bits per heavy atom. The van der Waals surface area contributed by atoms with E-state index in [2.05, 4.69) is 20.7 Å². The zero-order valence-corrected chi connectivity index (χ0v) is 12.7. The standard InChI is InChI=1S/C14H18N6O2/c1-4-16-13(21)12-9(15)7-8(2)11(18-12)14(22)17-10-5-6-20(3)19-10/h5-7H,4,15H2,1-3H3,(H,16,21)(H,17,19,22). The van der Waals surface area contributed by atoms with Crippen molar-refractivity contribution in [3.63, 3.8) is 0 Å². The second-order valence-corrected chi connectivity index (χ2v) is 4.78. The summed E-state index contributed by atoms with van der Waals surface area (Å²) in [5.41, 5.74) is 6.80. The molecule has 8 heteroatoms. The lowest BCUT2D eigenvalue weighted by Crippen LogP contribution is -2.27. The van der Waals surface area contributed by atoms with Crippen LogP contribution >= 0.6 is 0 Å². The van der Waals surface area contributed by atoms with E-state index in [1.807, 2.05) is 0 Å². The number of hydrogen-bond acceptors (Lipinski definition) is 5. The number of carbonyl (C=O) groups excluding carboxylic acids is 2. The highest BCUT2D eigenvalue weighted by Gasteiger charge is 2.18. The van der Waals surface area contributed by atoms with Crippen LogP contribution in [0.5, 0.6) is 0 Å². The van der Waals surface area contributed by atoms with Gasteiger partial charge in [-0.3, -0.25) is 14.3 Å². The van der Waals surface area contributed by atoms with Crippen LogP contribution in [0.4, 0.5) is 11.5 Å². The smallest absolute Gasteiger partial charge is 0.275 e. The van der Waals surface area contributed by atoms with Gasteiger partial charge in [0.25, 0.3) is 11.8 Å². The van der Waals surface area contributed by atoms with Crippen molar-refractivity contribution < 1.29 is 9.59 Å². The normalized spacial score (nSPS) is 10.3. The summed E-state index contributed by atoms with van der Waals surface area (Å²) in [4.78, 5) is 28.3. The summed E-state index contributed by atoms with van der Waals surface area (Å²) in [6, 6.07) is 3.22. The maximum absolute atomic E-state index is 12.3. The quantitative estimate of drug-likeness (QED) is 0.769. The molecule has 0 aliphatic heterocycles. The highest BCUT2D eigenvalue weighted by Crippen LogP contribution is 2.16. The van der Waals surface area contributed by atoms with Gasteiger partial charge in [-0.15, -0.1) is 0 Å². The fraction of sp³-hybridized carbons (Fsp3) is 0.286. The third-order valence-electron chi connectivity index (χ3n) is 2.97. The Morgan fingerprint density at radius 2 is 2.05 bits per heavy atom. The van der Waals surface area contributed by atoms with Gasteiger partial charge >= 0.3 is 0 Å². The second kappa shape index (κ2) is 6.25. The molecular formula is C14H18N6O2. The van der Waals surface area contributed by atoms with Gasteiger partial charge in [-0.25, -0.2) is 4.98 Å². The summed E-state index contributed by atoms with van der Waals surface area (Å²) in [7, 11) is 1.75. The van der Waals surface area contributed by atoms with Crippen LogP contribution < -0.4 is 16.4 Å². The average Bonchev–Trinajstić information content (AvgIpc) is 2.84. The number of hydrogen-bond donors (Lipinski definition) is 3. The molecule has 0 aromatic carbocycles. The summed E-state index contributed by atoms with van der Waals surface area (Å²) < 4.78 is 1.57. The third-order valence-corrected chi connectivity index (χ3v) is 2.97. The van der Waals surface area contributed by atoms with Crippen molar-refractivity contribution in [3.8, 4) is 0 Å². The van der Waals surface area contributed by atoms with Gasteiger partial charge in [0.1, 0.15) is 5.69 Å². The molecule has 22 heavy (non-hydrogen) atoms. The van der Waals surface area contributed by atoms with Crippen LogP contribution in [0.1, 0.15) is 33.5 Å². The van der Waals surface area contributed by atoms with E-state index in [-0.39, 0.29) is 17.1 Å². The average molecular weight is 302 g/mol. The molecule has 0 aliphatic carbocycles. The van der Waals surface area contributed by atoms with E-state index in [9.17, 15) is 9.59 Å². The Morgan fingerprint density at radius 1 is 1.32 bits per heavy atom. The van der Waals surface area contributed by atoms with Crippen LogP contribution in [0, 0.1) is 6.92 Å². The molecule has 0 bridgehead atoms. The Kier molecular flexibility index (Phi) is 4.40. The number of nitrogens with zero attached hydrogens (tertiary/aromatic N) is 3. The van der Waals surface area contributed by atoms with E-state index < -0.39 is 11.8 Å². The monoisotopic (exact) mass is 302 g/mol.